The standard InChI is InChI=1S/C24H18ClF2N3O/c1-2-30(24(31)29-21-11-9-17(26)13-19(21)27)22-14-28-20-10-8-16(25)12-18(20)23(22)15-6-4-3-5-7-15/h3-14H,2H2,1H3,(H,29,31). The van der Waals surface area contributed by atoms with E-state index in [4.69, 9.17) is 11.6 Å². The van der Waals surface area contributed by atoms with Crippen LogP contribution in [0, 0.1) is 11.6 Å². The van der Waals surface area contributed by atoms with E-state index in [1.165, 1.54) is 11.0 Å². The van der Waals surface area contributed by atoms with Crippen molar-refractivity contribution in [2.24, 2.45) is 0 Å². The Kier molecular flexibility index (Phi) is 5.82. The van der Waals surface area contributed by atoms with Gasteiger partial charge in [0, 0.05) is 28.6 Å². The second kappa shape index (κ2) is 8.70. The van der Waals surface area contributed by atoms with Crippen LogP contribution in [0.15, 0.2) is 72.9 Å². The molecule has 1 heterocycles. The number of carbonyl (C=O) groups is 1. The first kappa shape index (κ1) is 20.8. The summed E-state index contributed by atoms with van der Waals surface area (Å²) in [5.41, 5.74) is 2.83. The molecule has 1 N–H and O–H groups in total. The smallest absolute Gasteiger partial charge is 0.305 e. The van der Waals surface area contributed by atoms with Crippen LogP contribution in [-0.2, 0) is 0 Å². The number of hydrogen-bond donors (Lipinski definition) is 1. The number of halogens is 3. The van der Waals surface area contributed by atoms with Crippen molar-refractivity contribution in [2.45, 2.75) is 6.92 Å². The van der Waals surface area contributed by atoms with Crippen molar-refractivity contribution >= 4 is 39.9 Å². The third-order valence-corrected chi connectivity index (χ3v) is 5.13. The lowest BCUT2D eigenvalue weighted by atomic mass is 9.99. The molecular weight excluding hydrogens is 420 g/mol. The summed E-state index contributed by atoms with van der Waals surface area (Å²) in [7, 11) is 0. The number of pyridine rings is 1. The summed E-state index contributed by atoms with van der Waals surface area (Å²) in [5.74, 6) is -1.57. The van der Waals surface area contributed by atoms with Crippen LogP contribution in [0.5, 0.6) is 0 Å². The maximum Gasteiger partial charge on any atom is 0.326 e. The average Bonchev–Trinajstić information content (AvgIpc) is 2.76. The fourth-order valence-corrected chi connectivity index (χ4v) is 3.64. The lowest BCUT2D eigenvalue weighted by molar-refractivity contribution is 0.257. The van der Waals surface area contributed by atoms with E-state index in [2.05, 4.69) is 10.3 Å². The van der Waals surface area contributed by atoms with Gasteiger partial charge in [-0.25, -0.2) is 13.6 Å². The van der Waals surface area contributed by atoms with Gasteiger partial charge < -0.3 is 5.32 Å². The molecule has 3 aromatic carbocycles. The molecule has 0 fully saturated rings. The van der Waals surface area contributed by atoms with Crippen LogP contribution in [0.3, 0.4) is 0 Å². The minimum absolute atomic E-state index is 0.108. The highest BCUT2D eigenvalue weighted by Crippen LogP contribution is 2.37. The Labute approximate surface area is 183 Å². The molecule has 2 amide bonds. The van der Waals surface area contributed by atoms with Crippen molar-refractivity contribution < 1.29 is 13.6 Å². The summed E-state index contributed by atoms with van der Waals surface area (Å²) in [4.78, 5) is 19.0. The number of aromatic nitrogens is 1. The molecule has 4 aromatic rings. The van der Waals surface area contributed by atoms with Crippen LogP contribution >= 0.6 is 11.6 Å². The first-order valence-electron chi connectivity index (χ1n) is 9.65. The van der Waals surface area contributed by atoms with Crippen LogP contribution in [0.1, 0.15) is 6.92 Å². The number of anilines is 2. The highest BCUT2D eigenvalue weighted by atomic mass is 35.5. The molecule has 0 saturated carbocycles. The molecule has 0 unspecified atom stereocenters. The van der Waals surface area contributed by atoms with Crippen molar-refractivity contribution in [3.8, 4) is 11.1 Å². The Balaban J connectivity index is 1.84. The van der Waals surface area contributed by atoms with Crippen molar-refractivity contribution in [1.29, 1.82) is 0 Å². The highest BCUT2D eigenvalue weighted by Gasteiger charge is 2.22. The number of urea groups is 1. The maximum absolute atomic E-state index is 14.1. The lowest BCUT2D eigenvalue weighted by Gasteiger charge is -2.25. The van der Waals surface area contributed by atoms with Crippen LogP contribution < -0.4 is 10.2 Å². The van der Waals surface area contributed by atoms with Gasteiger partial charge in [-0.1, -0.05) is 41.9 Å². The van der Waals surface area contributed by atoms with Crippen LogP contribution in [0.4, 0.5) is 25.0 Å². The fraction of sp³-hybridized carbons (Fsp3) is 0.0833. The van der Waals surface area contributed by atoms with Gasteiger partial charge in [-0.05, 0) is 42.8 Å². The Morgan fingerprint density at radius 3 is 2.55 bits per heavy atom. The van der Waals surface area contributed by atoms with Crippen molar-refractivity contribution in [3.05, 3.63) is 89.6 Å². The number of rotatable bonds is 4. The Morgan fingerprint density at radius 1 is 1.06 bits per heavy atom. The zero-order chi connectivity index (χ0) is 22.0. The molecule has 0 spiro atoms. The zero-order valence-corrected chi connectivity index (χ0v) is 17.3. The molecule has 1 aromatic heterocycles. The summed E-state index contributed by atoms with van der Waals surface area (Å²) in [6.45, 7) is 2.10. The van der Waals surface area contributed by atoms with Gasteiger partial charge in [-0.2, -0.15) is 0 Å². The van der Waals surface area contributed by atoms with E-state index in [0.717, 1.165) is 34.2 Å². The number of hydrogen-bond acceptors (Lipinski definition) is 2. The summed E-state index contributed by atoms with van der Waals surface area (Å²) < 4.78 is 27.3. The normalized spacial score (nSPS) is 10.8. The zero-order valence-electron chi connectivity index (χ0n) is 16.6. The molecule has 0 bridgehead atoms. The third-order valence-electron chi connectivity index (χ3n) is 4.90. The molecule has 0 aliphatic rings. The molecule has 156 valence electrons. The number of carbonyl (C=O) groups excluding carboxylic acids is 1. The molecular formula is C24H18ClF2N3O. The number of fused-ring (bicyclic) bond motifs is 1. The average molecular weight is 438 g/mol. The quantitative estimate of drug-likeness (QED) is 0.377. The fourth-order valence-electron chi connectivity index (χ4n) is 3.46. The number of benzene rings is 3. The number of nitrogens with one attached hydrogen (secondary N) is 1. The molecule has 4 rings (SSSR count). The summed E-state index contributed by atoms with van der Waals surface area (Å²) in [6.07, 6.45) is 1.61. The van der Waals surface area contributed by atoms with Gasteiger partial charge in [-0.3, -0.25) is 9.88 Å². The molecule has 4 nitrogen and oxygen atoms in total. The van der Waals surface area contributed by atoms with Gasteiger partial charge in [-0.15, -0.1) is 0 Å². The van der Waals surface area contributed by atoms with E-state index < -0.39 is 17.7 Å². The topological polar surface area (TPSA) is 45.2 Å². The molecule has 0 aliphatic carbocycles. The highest BCUT2D eigenvalue weighted by molar-refractivity contribution is 6.31. The molecule has 31 heavy (non-hydrogen) atoms. The van der Waals surface area contributed by atoms with Crippen LogP contribution in [0.2, 0.25) is 5.02 Å². The molecule has 7 heteroatoms. The Morgan fingerprint density at radius 2 is 1.84 bits per heavy atom. The van der Waals surface area contributed by atoms with E-state index >= 15 is 0 Å². The Hall–Kier alpha value is -3.51. The van der Waals surface area contributed by atoms with Gasteiger partial charge in [0.2, 0.25) is 0 Å². The molecule has 0 atom stereocenters. The predicted molar refractivity (Wildman–Crippen MR) is 121 cm³/mol. The van der Waals surface area contributed by atoms with Gasteiger partial charge >= 0.3 is 6.03 Å². The van der Waals surface area contributed by atoms with E-state index in [-0.39, 0.29) is 5.69 Å². The Bertz CT molecular complexity index is 1260. The second-order valence-corrected chi connectivity index (χ2v) is 7.28. The molecule has 0 radical (unpaired) electrons. The molecule has 0 saturated heterocycles. The van der Waals surface area contributed by atoms with Crippen molar-refractivity contribution in [2.75, 3.05) is 16.8 Å². The number of nitrogens with zero attached hydrogens (tertiary/aromatic N) is 2. The summed E-state index contributed by atoms with van der Waals surface area (Å²) in [6, 6.07) is 17.4. The molecule has 0 aliphatic heterocycles. The predicted octanol–water partition coefficient (Wildman–Crippen LogP) is 6.89. The van der Waals surface area contributed by atoms with E-state index in [0.29, 0.717) is 17.3 Å². The monoisotopic (exact) mass is 437 g/mol. The van der Waals surface area contributed by atoms with Gasteiger partial charge in [0.25, 0.3) is 0 Å². The maximum atomic E-state index is 14.1. The van der Waals surface area contributed by atoms with Crippen molar-refractivity contribution in [3.63, 3.8) is 0 Å². The van der Waals surface area contributed by atoms with Gasteiger partial charge in [0.1, 0.15) is 11.6 Å². The summed E-state index contributed by atoms with van der Waals surface area (Å²) >= 11 is 6.25. The first-order valence-corrected chi connectivity index (χ1v) is 10.0. The lowest BCUT2D eigenvalue weighted by Crippen LogP contribution is -2.35. The second-order valence-electron chi connectivity index (χ2n) is 6.84. The van der Waals surface area contributed by atoms with Crippen LogP contribution in [0.25, 0.3) is 22.0 Å². The first-order chi connectivity index (χ1) is 15.0. The van der Waals surface area contributed by atoms with Gasteiger partial charge in [0.05, 0.1) is 23.1 Å². The largest absolute Gasteiger partial charge is 0.326 e. The van der Waals surface area contributed by atoms with E-state index in [1.54, 1.807) is 25.3 Å². The van der Waals surface area contributed by atoms with Crippen LogP contribution in [-0.4, -0.2) is 17.6 Å². The third kappa shape index (κ3) is 4.20. The van der Waals surface area contributed by atoms with Gasteiger partial charge in [0.15, 0.2) is 0 Å². The minimum Gasteiger partial charge on any atom is -0.305 e. The van der Waals surface area contributed by atoms with Crippen molar-refractivity contribution in [1.82, 2.24) is 4.98 Å². The number of amides is 2. The van der Waals surface area contributed by atoms with E-state index in [9.17, 15) is 13.6 Å². The SMILES string of the molecule is CCN(C(=O)Nc1ccc(F)cc1F)c1cnc2ccc(Cl)cc2c1-c1ccccc1. The minimum atomic E-state index is -0.851. The van der Waals surface area contributed by atoms with E-state index in [1.807, 2.05) is 36.4 Å². The summed E-state index contributed by atoms with van der Waals surface area (Å²) in [5, 5.41) is 3.85.